The third-order valence-corrected chi connectivity index (χ3v) is 4.40. The van der Waals surface area contributed by atoms with Crippen LogP contribution in [0.5, 0.6) is 0 Å². The maximum absolute atomic E-state index is 12.0. The molecule has 1 aromatic rings. The van der Waals surface area contributed by atoms with Gasteiger partial charge in [0.15, 0.2) is 0 Å². The summed E-state index contributed by atoms with van der Waals surface area (Å²) in [5.41, 5.74) is 0.723. The van der Waals surface area contributed by atoms with Crippen molar-refractivity contribution in [3.63, 3.8) is 0 Å². The number of hydrogen-bond acceptors (Lipinski definition) is 6. The molecule has 0 aromatic heterocycles. The largest absolute Gasteiger partial charge is 0.480 e. The summed E-state index contributed by atoms with van der Waals surface area (Å²) in [4.78, 5) is 71.1. The lowest BCUT2D eigenvalue weighted by Gasteiger charge is -2.21. The lowest BCUT2D eigenvalue weighted by molar-refractivity contribution is -0.144. The molecule has 1 aliphatic rings. The fraction of sp³-hybridized carbons (Fsp3) is 0.300. The Hall–Kier alpha value is -4.02. The van der Waals surface area contributed by atoms with Crippen LogP contribution in [0, 0.1) is 0 Å². The number of nitrogens with zero attached hydrogens (tertiary/aromatic N) is 1. The summed E-state index contributed by atoms with van der Waals surface area (Å²) >= 11 is 0. The van der Waals surface area contributed by atoms with E-state index in [1.54, 1.807) is 30.3 Å². The molecule has 1 aliphatic heterocycles. The van der Waals surface area contributed by atoms with Gasteiger partial charge < -0.3 is 21.1 Å². The molecule has 31 heavy (non-hydrogen) atoms. The van der Waals surface area contributed by atoms with Crippen LogP contribution in [-0.4, -0.2) is 70.7 Å². The summed E-state index contributed by atoms with van der Waals surface area (Å²) in [5.74, 6) is -4.61. The summed E-state index contributed by atoms with van der Waals surface area (Å²) in [6.45, 7) is 0.352. The number of carbonyl (C=O) groups excluding carboxylic acids is 5. The molecule has 0 radical (unpaired) electrons. The molecule has 0 unspecified atom stereocenters. The third kappa shape index (κ3) is 6.77. The zero-order valence-electron chi connectivity index (χ0n) is 16.7. The number of aliphatic carboxylic acids is 1. The van der Waals surface area contributed by atoms with Crippen molar-refractivity contribution in [3.8, 4) is 0 Å². The molecule has 4 N–H and O–H groups in total. The highest BCUT2D eigenvalue weighted by atomic mass is 16.4. The van der Waals surface area contributed by atoms with Crippen LogP contribution >= 0.6 is 0 Å². The fourth-order valence-electron chi connectivity index (χ4n) is 2.76. The van der Waals surface area contributed by atoms with Gasteiger partial charge in [-0.2, -0.15) is 0 Å². The van der Waals surface area contributed by atoms with Crippen molar-refractivity contribution < 1.29 is 33.9 Å². The number of carbonyl (C=O) groups is 6. The zero-order valence-corrected chi connectivity index (χ0v) is 16.7. The second kappa shape index (κ2) is 10.7. The van der Waals surface area contributed by atoms with E-state index in [0.29, 0.717) is 0 Å². The highest BCUT2D eigenvalue weighted by Crippen LogP contribution is 2.08. The average Bonchev–Trinajstić information content (AvgIpc) is 3.08. The van der Waals surface area contributed by atoms with Crippen molar-refractivity contribution >= 4 is 35.5 Å². The van der Waals surface area contributed by atoms with Crippen molar-refractivity contribution in [1.29, 1.82) is 0 Å². The van der Waals surface area contributed by atoms with Crippen LogP contribution in [0.3, 0.4) is 0 Å². The number of imide groups is 1. The maximum Gasteiger partial charge on any atom is 0.326 e. The normalized spacial score (nSPS) is 14.7. The molecule has 0 saturated carbocycles. The molecule has 0 bridgehead atoms. The molecule has 11 heteroatoms. The standard InChI is InChI=1S/C20H22N4O7/c1-12(24-17(27)7-8-18(24)28)19(29)22-10-15(25)21-11-16(26)23-14(20(30)31)9-13-5-3-2-4-6-13/h2-8,12,14H,9-11H2,1H3,(H,21,25)(H,22,29)(H,23,26)(H,30,31)/t12-,14+/m1/s1. The van der Waals surface area contributed by atoms with Crippen molar-refractivity contribution in [2.24, 2.45) is 0 Å². The van der Waals surface area contributed by atoms with Gasteiger partial charge in [-0.05, 0) is 12.5 Å². The van der Waals surface area contributed by atoms with Gasteiger partial charge in [0.25, 0.3) is 11.8 Å². The van der Waals surface area contributed by atoms with Gasteiger partial charge >= 0.3 is 5.97 Å². The number of benzene rings is 1. The lowest BCUT2D eigenvalue weighted by atomic mass is 10.1. The molecule has 2 rings (SSSR count). The molecule has 0 spiro atoms. The van der Waals surface area contributed by atoms with E-state index in [0.717, 1.165) is 22.6 Å². The monoisotopic (exact) mass is 430 g/mol. The molecule has 0 fully saturated rings. The number of carboxylic acids is 1. The Morgan fingerprint density at radius 3 is 2.10 bits per heavy atom. The summed E-state index contributed by atoms with van der Waals surface area (Å²) in [7, 11) is 0. The van der Waals surface area contributed by atoms with E-state index in [1.165, 1.54) is 6.92 Å². The minimum absolute atomic E-state index is 0.0760. The molecule has 0 aliphatic carbocycles. The number of amides is 5. The van der Waals surface area contributed by atoms with Crippen LogP contribution in [0.15, 0.2) is 42.5 Å². The Labute approximate surface area is 177 Å². The third-order valence-electron chi connectivity index (χ3n) is 4.40. The Morgan fingerprint density at radius 2 is 1.52 bits per heavy atom. The van der Waals surface area contributed by atoms with E-state index in [-0.39, 0.29) is 6.42 Å². The highest BCUT2D eigenvalue weighted by Gasteiger charge is 2.32. The van der Waals surface area contributed by atoms with E-state index >= 15 is 0 Å². The van der Waals surface area contributed by atoms with Gasteiger partial charge in [0, 0.05) is 18.6 Å². The maximum atomic E-state index is 12.0. The Morgan fingerprint density at radius 1 is 0.935 bits per heavy atom. The van der Waals surface area contributed by atoms with Gasteiger partial charge in [-0.15, -0.1) is 0 Å². The van der Waals surface area contributed by atoms with Gasteiger partial charge in [-0.3, -0.25) is 28.9 Å². The fourth-order valence-corrected chi connectivity index (χ4v) is 2.76. The summed E-state index contributed by atoms with van der Waals surface area (Å²) < 4.78 is 0. The molecule has 11 nitrogen and oxygen atoms in total. The minimum Gasteiger partial charge on any atom is -0.480 e. The summed E-state index contributed by atoms with van der Waals surface area (Å²) in [6, 6.07) is 6.45. The number of rotatable bonds is 10. The van der Waals surface area contributed by atoms with Crippen LogP contribution in [0.25, 0.3) is 0 Å². The topological polar surface area (TPSA) is 162 Å². The molecule has 1 aromatic carbocycles. The Kier molecular flexibility index (Phi) is 8.01. The molecule has 1 heterocycles. The molecule has 0 saturated heterocycles. The molecular formula is C20H22N4O7. The number of hydrogen-bond donors (Lipinski definition) is 4. The summed E-state index contributed by atoms with van der Waals surface area (Å²) in [5, 5.41) is 16.1. The first-order valence-corrected chi connectivity index (χ1v) is 9.34. The van der Waals surface area contributed by atoms with Gasteiger partial charge in [-0.1, -0.05) is 30.3 Å². The van der Waals surface area contributed by atoms with Gasteiger partial charge in [-0.25, -0.2) is 4.79 Å². The second-order valence-corrected chi connectivity index (χ2v) is 6.70. The minimum atomic E-state index is -1.22. The van der Waals surface area contributed by atoms with Crippen molar-refractivity contribution in [2.75, 3.05) is 13.1 Å². The molecule has 2 atom stereocenters. The number of carboxylic acid groups (broad SMARTS) is 1. The van der Waals surface area contributed by atoms with E-state index < -0.39 is 60.7 Å². The summed E-state index contributed by atoms with van der Waals surface area (Å²) in [6.07, 6.45) is 2.16. The van der Waals surface area contributed by atoms with Crippen molar-refractivity contribution in [3.05, 3.63) is 48.0 Å². The first-order valence-electron chi connectivity index (χ1n) is 9.34. The Balaban J connectivity index is 1.75. The van der Waals surface area contributed by atoms with Crippen LogP contribution < -0.4 is 16.0 Å². The molecule has 164 valence electrons. The smallest absolute Gasteiger partial charge is 0.326 e. The molecule has 5 amide bonds. The average molecular weight is 430 g/mol. The van der Waals surface area contributed by atoms with E-state index in [9.17, 15) is 33.9 Å². The van der Waals surface area contributed by atoms with E-state index in [4.69, 9.17) is 0 Å². The highest BCUT2D eigenvalue weighted by molar-refractivity contribution is 6.15. The zero-order chi connectivity index (χ0) is 23.0. The van der Waals surface area contributed by atoms with Crippen molar-refractivity contribution in [1.82, 2.24) is 20.9 Å². The van der Waals surface area contributed by atoms with Gasteiger partial charge in [0.05, 0.1) is 13.1 Å². The first-order chi connectivity index (χ1) is 14.7. The number of nitrogens with one attached hydrogen (secondary N) is 3. The van der Waals surface area contributed by atoms with Gasteiger partial charge in [0.1, 0.15) is 12.1 Å². The van der Waals surface area contributed by atoms with Gasteiger partial charge in [0.2, 0.25) is 17.7 Å². The lowest BCUT2D eigenvalue weighted by Crippen LogP contribution is -2.51. The van der Waals surface area contributed by atoms with E-state index in [2.05, 4.69) is 16.0 Å². The Bertz CT molecular complexity index is 895. The van der Waals surface area contributed by atoms with Crippen molar-refractivity contribution in [2.45, 2.75) is 25.4 Å². The van der Waals surface area contributed by atoms with Crippen LogP contribution in [0.1, 0.15) is 12.5 Å². The quantitative estimate of drug-likeness (QED) is 0.323. The first kappa shape index (κ1) is 23.3. The van der Waals surface area contributed by atoms with Crippen LogP contribution in [0.4, 0.5) is 0 Å². The van der Waals surface area contributed by atoms with E-state index in [1.807, 2.05) is 0 Å². The van der Waals surface area contributed by atoms with Crippen LogP contribution in [-0.2, 0) is 35.2 Å². The van der Waals surface area contributed by atoms with Crippen LogP contribution in [0.2, 0.25) is 0 Å². The molecular weight excluding hydrogens is 408 g/mol. The SMILES string of the molecule is C[C@H](C(=O)NCC(=O)NCC(=O)N[C@@H](Cc1ccccc1)C(=O)O)N1C(=O)C=CC1=O. The predicted octanol–water partition coefficient (Wildman–Crippen LogP) is -1.66. The second-order valence-electron chi connectivity index (χ2n) is 6.70. The predicted molar refractivity (Wildman–Crippen MR) is 106 cm³/mol.